The molecule has 0 bridgehead atoms. The third-order valence-corrected chi connectivity index (χ3v) is 6.09. The molecule has 0 unspecified atom stereocenters. The van der Waals surface area contributed by atoms with Gasteiger partial charge in [0.25, 0.3) is 0 Å². The van der Waals surface area contributed by atoms with Crippen LogP contribution in [0.25, 0.3) is 0 Å². The molecule has 3 rings (SSSR count). The zero-order chi connectivity index (χ0) is 18.6. The molecule has 1 aliphatic rings. The molecule has 1 aliphatic heterocycles. The van der Waals surface area contributed by atoms with E-state index in [1.807, 2.05) is 43.3 Å². The van der Waals surface area contributed by atoms with Crippen LogP contribution in [0.3, 0.4) is 0 Å². The minimum absolute atomic E-state index is 0.166. The van der Waals surface area contributed by atoms with Crippen LogP contribution in [0, 0.1) is 6.92 Å². The molecule has 1 fully saturated rings. The van der Waals surface area contributed by atoms with Gasteiger partial charge in [0, 0.05) is 12.2 Å². The van der Waals surface area contributed by atoms with Crippen molar-refractivity contribution in [2.75, 3.05) is 28.5 Å². The molecule has 0 saturated carbocycles. The molecule has 0 spiro atoms. The summed E-state index contributed by atoms with van der Waals surface area (Å²) in [6, 6.07) is 14.6. The van der Waals surface area contributed by atoms with Gasteiger partial charge < -0.3 is 10.1 Å². The second-order valence-electron chi connectivity index (χ2n) is 6.20. The van der Waals surface area contributed by atoms with Crippen LogP contribution in [0.2, 0.25) is 0 Å². The van der Waals surface area contributed by atoms with Gasteiger partial charge in [-0.2, -0.15) is 0 Å². The number of amides is 1. The molecule has 1 N–H and O–H groups in total. The summed E-state index contributed by atoms with van der Waals surface area (Å²) in [6.07, 6.45) is 0.829. The molecule has 26 heavy (non-hydrogen) atoms. The fourth-order valence-corrected chi connectivity index (χ4v) is 4.38. The molecule has 1 saturated heterocycles. The lowest BCUT2D eigenvalue weighted by Crippen LogP contribution is -2.25. The van der Waals surface area contributed by atoms with Crippen LogP contribution in [0.1, 0.15) is 18.4 Å². The van der Waals surface area contributed by atoms with E-state index >= 15 is 0 Å². The van der Waals surface area contributed by atoms with Crippen molar-refractivity contribution in [2.45, 2.75) is 19.8 Å². The third-order valence-electron chi connectivity index (χ3n) is 4.22. The monoisotopic (exact) mass is 374 g/mol. The maximum absolute atomic E-state index is 12.2. The Bertz CT molecular complexity index is 882. The Morgan fingerprint density at radius 3 is 2.65 bits per heavy atom. The Hall–Kier alpha value is -2.54. The van der Waals surface area contributed by atoms with Crippen LogP contribution in [0.4, 0.5) is 11.4 Å². The highest BCUT2D eigenvalue weighted by Gasteiger charge is 2.28. The summed E-state index contributed by atoms with van der Waals surface area (Å²) in [5.41, 5.74) is 2.08. The minimum Gasteiger partial charge on any atom is -0.493 e. The lowest BCUT2D eigenvalue weighted by Gasteiger charge is -2.19. The van der Waals surface area contributed by atoms with Gasteiger partial charge in [0.1, 0.15) is 5.75 Å². The fourth-order valence-electron chi connectivity index (χ4n) is 2.82. The number of para-hydroxylation sites is 1. The fraction of sp³-hybridized carbons (Fsp3) is 0.316. The quantitative estimate of drug-likeness (QED) is 0.843. The smallest absolute Gasteiger partial charge is 0.235 e. The average molecular weight is 374 g/mol. The van der Waals surface area contributed by atoms with Crippen LogP contribution >= 0.6 is 0 Å². The number of benzene rings is 2. The van der Waals surface area contributed by atoms with Gasteiger partial charge in [-0.25, -0.2) is 8.42 Å². The van der Waals surface area contributed by atoms with Crippen molar-refractivity contribution in [3.63, 3.8) is 0 Å². The number of carbonyl (C=O) groups is 1. The predicted octanol–water partition coefficient (Wildman–Crippen LogP) is 2.94. The van der Waals surface area contributed by atoms with Gasteiger partial charge in [0.05, 0.1) is 24.5 Å². The Morgan fingerprint density at radius 1 is 1.19 bits per heavy atom. The van der Waals surface area contributed by atoms with Gasteiger partial charge >= 0.3 is 0 Å². The summed E-state index contributed by atoms with van der Waals surface area (Å²) in [7, 11) is -3.24. The number of nitrogens with one attached hydrogen (secondary N) is 1. The molecule has 138 valence electrons. The molecule has 6 nitrogen and oxygen atoms in total. The largest absolute Gasteiger partial charge is 0.493 e. The van der Waals surface area contributed by atoms with Crippen LogP contribution in [-0.4, -0.2) is 33.2 Å². The summed E-state index contributed by atoms with van der Waals surface area (Å²) in [6.45, 7) is 2.62. The third kappa shape index (κ3) is 4.35. The van der Waals surface area contributed by atoms with Crippen LogP contribution in [-0.2, 0) is 14.8 Å². The van der Waals surface area contributed by atoms with Gasteiger partial charge in [-0.15, -0.1) is 0 Å². The summed E-state index contributed by atoms with van der Waals surface area (Å²) in [5.74, 6) is 0.711. The Balaban J connectivity index is 1.62. The highest BCUT2D eigenvalue weighted by Crippen LogP contribution is 2.28. The van der Waals surface area contributed by atoms with E-state index in [2.05, 4.69) is 5.32 Å². The average Bonchev–Trinajstić information content (AvgIpc) is 2.97. The van der Waals surface area contributed by atoms with Crippen molar-refractivity contribution in [1.82, 2.24) is 0 Å². The number of sulfonamides is 1. The highest BCUT2D eigenvalue weighted by atomic mass is 32.2. The topological polar surface area (TPSA) is 75.7 Å². The van der Waals surface area contributed by atoms with Gasteiger partial charge in [0.15, 0.2) is 0 Å². The van der Waals surface area contributed by atoms with Crippen LogP contribution < -0.4 is 14.4 Å². The summed E-state index contributed by atoms with van der Waals surface area (Å²) >= 11 is 0. The molecule has 0 aliphatic carbocycles. The van der Waals surface area contributed by atoms with Crippen LogP contribution in [0.15, 0.2) is 48.5 Å². The van der Waals surface area contributed by atoms with Crippen LogP contribution in [0.5, 0.6) is 5.75 Å². The number of anilines is 2. The van der Waals surface area contributed by atoms with Gasteiger partial charge in [-0.1, -0.05) is 24.3 Å². The standard InChI is InChI=1S/C19H22N2O4S/c1-15-8-9-16(21-11-5-13-26(21,23)24)14-18(15)20-19(22)10-12-25-17-6-3-2-4-7-17/h2-4,6-9,14H,5,10-13H2,1H3,(H,20,22). The lowest BCUT2D eigenvalue weighted by molar-refractivity contribution is -0.116. The molecular formula is C19H22N2O4S. The van der Waals surface area contributed by atoms with Crippen molar-refractivity contribution >= 4 is 27.3 Å². The second kappa shape index (κ2) is 7.78. The zero-order valence-electron chi connectivity index (χ0n) is 14.6. The first-order chi connectivity index (χ1) is 12.5. The second-order valence-corrected chi connectivity index (χ2v) is 8.21. The number of hydrogen-bond donors (Lipinski definition) is 1. The number of hydrogen-bond acceptors (Lipinski definition) is 4. The van der Waals surface area contributed by atoms with Gasteiger partial charge in [-0.3, -0.25) is 9.10 Å². The maximum atomic E-state index is 12.2. The SMILES string of the molecule is Cc1ccc(N2CCCS2(=O)=O)cc1NC(=O)CCOc1ccccc1. The highest BCUT2D eigenvalue weighted by molar-refractivity contribution is 7.93. The summed E-state index contributed by atoms with van der Waals surface area (Å²) in [4.78, 5) is 12.2. The normalized spacial score (nSPS) is 15.7. The van der Waals surface area contributed by atoms with Crippen molar-refractivity contribution < 1.29 is 17.9 Å². The van der Waals surface area contributed by atoms with E-state index in [1.165, 1.54) is 4.31 Å². The maximum Gasteiger partial charge on any atom is 0.235 e. The number of aryl methyl sites for hydroxylation is 1. The first-order valence-corrected chi connectivity index (χ1v) is 10.2. The molecule has 2 aromatic carbocycles. The number of carbonyl (C=O) groups excluding carboxylic acids is 1. The van der Waals surface area contributed by atoms with Crippen molar-refractivity contribution in [1.29, 1.82) is 0 Å². The number of rotatable bonds is 6. The van der Waals surface area contributed by atoms with E-state index in [-0.39, 0.29) is 24.7 Å². The van der Waals surface area contributed by atoms with Crippen molar-refractivity contribution in [2.24, 2.45) is 0 Å². The lowest BCUT2D eigenvalue weighted by atomic mass is 10.1. The van der Waals surface area contributed by atoms with E-state index in [4.69, 9.17) is 4.74 Å². The first kappa shape index (κ1) is 18.3. The summed E-state index contributed by atoms with van der Waals surface area (Å²) < 4.78 is 31.1. The predicted molar refractivity (Wildman–Crippen MR) is 102 cm³/mol. The molecule has 2 aromatic rings. The Kier molecular flexibility index (Phi) is 5.46. The minimum atomic E-state index is -3.24. The molecule has 0 atom stereocenters. The number of nitrogens with zero attached hydrogens (tertiary/aromatic N) is 1. The molecule has 7 heteroatoms. The Labute approximate surface area is 153 Å². The Morgan fingerprint density at radius 2 is 1.96 bits per heavy atom. The molecule has 0 radical (unpaired) electrons. The molecule has 1 amide bonds. The van der Waals surface area contributed by atoms with E-state index in [9.17, 15) is 13.2 Å². The van der Waals surface area contributed by atoms with Crippen molar-refractivity contribution in [3.05, 3.63) is 54.1 Å². The van der Waals surface area contributed by atoms with E-state index in [1.54, 1.807) is 12.1 Å². The van der Waals surface area contributed by atoms with E-state index in [0.29, 0.717) is 24.3 Å². The molecule has 1 heterocycles. The summed E-state index contributed by atoms with van der Waals surface area (Å²) in [5, 5.41) is 2.85. The van der Waals surface area contributed by atoms with E-state index < -0.39 is 10.0 Å². The first-order valence-electron chi connectivity index (χ1n) is 8.54. The van der Waals surface area contributed by atoms with Gasteiger partial charge in [-0.05, 0) is 43.2 Å². The molecule has 0 aromatic heterocycles. The number of ether oxygens (including phenoxy) is 1. The molecular weight excluding hydrogens is 352 g/mol. The zero-order valence-corrected chi connectivity index (χ0v) is 15.5. The van der Waals surface area contributed by atoms with Crippen molar-refractivity contribution in [3.8, 4) is 5.75 Å². The van der Waals surface area contributed by atoms with E-state index in [0.717, 1.165) is 11.3 Å². The van der Waals surface area contributed by atoms with Gasteiger partial charge in [0.2, 0.25) is 15.9 Å².